The summed E-state index contributed by atoms with van der Waals surface area (Å²) in [5, 5.41) is 14.4. The second-order valence-electron chi connectivity index (χ2n) is 8.88. The monoisotopic (exact) mass is 488 g/mol. The number of phenolic OH excluding ortho intramolecular Hbond substituents is 1. The van der Waals surface area contributed by atoms with E-state index in [9.17, 15) is 14.3 Å². The molecule has 8 heteroatoms. The Balaban J connectivity index is 1.40. The third-order valence-electron chi connectivity index (χ3n) is 6.32. The van der Waals surface area contributed by atoms with Crippen molar-refractivity contribution in [2.45, 2.75) is 25.0 Å². The minimum atomic E-state index is -0.458. The third-order valence-corrected chi connectivity index (χ3v) is 7.01. The first-order valence-electron chi connectivity index (χ1n) is 11.5. The van der Waals surface area contributed by atoms with Gasteiger partial charge in [-0.15, -0.1) is 9.24 Å². The number of benzene rings is 3. The van der Waals surface area contributed by atoms with Gasteiger partial charge in [0.15, 0.2) is 5.82 Å². The van der Waals surface area contributed by atoms with Gasteiger partial charge < -0.3 is 15.3 Å². The van der Waals surface area contributed by atoms with E-state index in [1.165, 1.54) is 12.1 Å². The van der Waals surface area contributed by atoms with Gasteiger partial charge >= 0.3 is 0 Å². The lowest BCUT2D eigenvalue weighted by molar-refractivity contribution is -0.121. The van der Waals surface area contributed by atoms with Crippen molar-refractivity contribution in [3.8, 4) is 17.1 Å². The summed E-state index contributed by atoms with van der Waals surface area (Å²) in [4.78, 5) is 24.6. The number of aromatic hydroxyl groups is 1. The zero-order valence-electron chi connectivity index (χ0n) is 19.3. The number of aryl methyl sites for hydroxylation is 1. The number of carbonyl (C=O) groups is 1. The molecule has 0 radical (unpaired) electrons. The maximum atomic E-state index is 13.2. The largest absolute Gasteiger partial charge is 0.507 e. The average Bonchev–Trinajstić information content (AvgIpc) is 3.31. The number of rotatable bonds is 5. The van der Waals surface area contributed by atoms with Crippen molar-refractivity contribution in [2.24, 2.45) is 0 Å². The van der Waals surface area contributed by atoms with E-state index in [0.29, 0.717) is 17.9 Å². The van der Waals surface area contributed by atoms with Crippen molar-refractivity contribution in [1.82, 2.24) is 15.3 Å². The van der Waals surface area contributed by atoms with E-state index in [2.05, 4.69) is 19.5 Å². The topological polar surface area (TPSA) is 78.4 Å². The lowest BCUT2D eigenvalue weighted by Gasteiger charge is -2.21. The van der Waals surface area contributed by atoms with E-state index < -0.39 is 5.66 Å². The molecule has 4 aromatic rings. The van der Waals surface area contributed by atoms with Crippen LogP contribution in [0.1, 0.15) is 23.2 Å². The molecule has 178 valence electrons. The molecule has 0 aliphatic carbocycles. The van der Waals surface area contributed by atoms with Crippen LogP contribution in [0.5, 0.6) is 5.75 Å². The van der Waals surface area contributed by atoms with E-state index >= 15 is 0 Å². The molecule has 0 saturated carbocycles. The van der Waals surface area contributed by atoms with E-state index in [1.54, 1.807) is 30.3 Å². The van der Waals surface area contributed by atoms with Gasteiger partial charge in [-0.3, -0.25) is 4.79 Å². The number of amides is 1. The van der Waals surface area contributed by atoms with Gasteiger partial charge in [-0.1, -0.05) is 30.3 Å². The van der Waals surface area contributed by atoms with E-state index in [1.807, 2.05) is 31.2 Å². The van der Waals surface area contributed by atoms with Gasteiger partial charge in [0.25, 0.3) is 0 Å². The molecule has 1 saturated heterocycles. The number of hydrogen-bond acceptors (Lipinski definition) is 5. The fourth-order valence-electron chi connectivity index (χ4n) is 4.43. The van der Waals surface area contributed by atoms with Gasteiger partial charge in [-0.05, 0) is 60.9 Å². The number of nitrogens with zero attached hydrogens (tertiary/aromatic N) is 3. The normalized spacial score (nSPS) is 16.4. The number of para-hydroxylation sites is 1. The second-order valence-corrected chi connectivity index (χ2v) is 9.54. The van der Waals surface area contributed by atoms with Gasteiger partial charge in [-0.25, -0.2) is 14.4 Å². The molecule has 2 heterocycles. The van der Waals surface area contributed by atoms with Crippen LogP contribution in [0.2, 0.25) is 0 Å². The Morgan fingerprint density at radius 3 is 2.69 bits per heavy atom. The van der Waals surface area contributed by atoms with Crippen LogP contribution < -0.4 is 10.2 Å². The summed E-state index contributed by atoms with van der Waals surface area (Å²) in [6, 6.07) is 19.0. The minimum Gasteiger partial charge on any atom is -0.507 e. The minimum absolute atomic E-state index is 0.0463. The lowest BCUT2D eigenvalue weighted by atomic mass is 10.1. The Morgan fingerprint density at radius 1 is 1.14 bits per heavy atom. The van der Waals surface area contributed by atoms with Gasteiger partial charge in [0.1, 0.15) is 17.4 Å². The highest BCUT2D eigenvalue weighted by Crippen LogP contribution is 2.33. The van der Waals surface area contributed by atoms with Gasteiger partial charge in [-0.2, -0.15) is 0 Å². The molecule has 35 heavy (non-hydrogen) atoms. The molecule has 1 aromatic heterocycles. The highest BCUT2D eigenvalue weighted by atomic mass is 31.0. The van der Waals surface area contributed by atoms with Crippen LogP contribution in [0.25, 0.3) is 22.3 Å². The number of fused-ring (bicyclic) bond motifs is 1. The van der Waals surface area contributed by atoms with Crippen LogP contribution in [0, 0.1) is 12.7 Å². The van der Waals surface area contributed by atoms with Crippen LogP contribution in [-0.4, -0.2) is 40.1 Å². The number of anilines is 1. The standard InChI is InChI=1S/C27H26FN4O2P/c1-16-6-11-20-22(14-16)30-25(21-4-2-3-5-23(21)33)31-26(20)32-13-12-19(15-32)29-27(34)24(35)17-7-9-18(28)10-8-17/h2-11,14,19,24,33H,12-13,15,35H2,1H3,(H,29,34)/t19-,24?/m1/s1. The summed E-state index contributed by atoms with van der Waals surface area (Å²) >= 11 is 0. The SMILES string of the molecule is Cc1ccc2c(N3CC[C@@H](NC(=O)C(P)c4ccc(F)cc4)C3)nc(-c3ccccc3O)nc2c1. The molecule has 3 aromatic carbocycles. The highest BCUT2D eigenvalue weighted by Gasteiger charge is 2.28. The molecule has 0 spiro atoms. The number of halogens is 1. The maximum absolute atomic E-state index is 13.2. The smallest absolute Gasteiger partial charge is 0.231 e. The molecule has 3 atom stereocenters. The molecule has 1 fully saturated rings. The molecule has 1 amide bonds. The molecule has 5 rings (SSSR count). The first kappa shape index (κ1) is 23.2. The van der Waals surface area contributed by atoms with Crippen LogP contribution >= 0.6 is 9.24 Å². The summed E-state index contributed by atoms with van der Waals surface area (Å²) in [5.74, 6) is 0.931. The van der Waals surface area contributed by atoms with Crippen molar-refractivity contribution >= 4 is 31.9 Å². The fraction of sp³-hybridized carbons (Fsp3) is 0.222. The molecule has 2 N–H and O–H groups in total. The van der Waals surface area contributed by atoms with Crippen molar-refractivity contribution in [1.29, 1.82) is 0 Å². The number of carbonyl (C=O) groups excluding carboxylic acids is 1. The quantitative estimate of drug-likeness (QED) is 0.396. The maximum Gasteiger partial charge on any atom is 0.231 e. The van der Waals surface area contributed by atoms with Crippen LogP contribution in [-0.2, 0) is 4.79 Å². The summed E-state index contributed by atoms with van der Waals surface area (Å²) in [6.45, 7) is 3.35. The average molecular weight is 489 g/mol. The molecular weight excluding hydrogens is 462 g/mol. The summed E-state index contributed by atoms with van der Waals surface area (Å²) in [6.07, 6.45) is 0.774. The van der Waals surface area contributed by atoms with Crippen molar-refractivity contribution in [2.75, 3.05) is 18.0 Å². The first-order valence-corrected chi connectivity index (χ1v) is 12.2. The number of hydrogen-bond donors (Lipinski definition) is 2. The zero-order valence-corrected chi connectivity index (χ0v) is 20.4. The highest BCUT2D eigenvalue weighted by molar-refractivity contribution is 7.19. The molecule has 2 unspecified atom stereocenters. The number of aromatic nitrogens is 2. The molecule has 1 aliphatic heterocycles. The van der Waals surface area contributed by atoms with Crippen molar-refractivity contribution in [3.63, 3.8) is 0 Å². The molecule has 0 bridgehead atoms. The Kier molecular flexibility index (Phi) is 6.35. The Bertz CT molecular complexity index is 1400. The third kappa shape index (κ3) is 4.82. The summed E-state index contributed by atoms with van der Waals surface area (Å²) < 4.78 is 13.2. The van der Waals surface area contributed by atoms with Crippen molar-refractivity contribution in [3.05, 3.63) is 83.7 Å². The van der Waals surface area contributed by atoms with Gasteiger partial charge in [0.05, 0.1) is 16.7 Å². The van der Waals surface area contributed by atoms with E-state index in [0.717, 1.165) is 40.8 Å². The molecule has 6 nitrogen and oxygen atoms in total. The first-order chi connectivity index (χ1) is 16.9. The lowest BCUT2D eigenvalue weighted by Crippen LogP contribution is -2.38. The number of nitrogens with one attached hydrogen (secondary N) is 1. The summed E-state index contributed by atoms with van der Waals surface area (Å²) in [5.41, 5.74) is 2.76. The van der Waals surface area contributed by atoms with E-state index in [4.69, 9.17) is 9.97 Å². The van der Waals surface area contributed by atoms with Crippen LogP contribution in [0.3, 0.4) is 0 Å². The number of phenols is 1. The molecule has 1 aliphatic rings. The Hall–Kier alpha value is -3.57. The Morgan fingerprint density at radius 2 is 1.91 bits per heavy atom. The second kappa shape index (κ2) is 9.59. The zero-order chi connectivity index (χ0) is 24.5. The van der Waals surface area contributed by atoms with E-state index in [-0.39, 0.29) is 23.5 Å². The predicted octanol–water partition coefficient (Wildman–Crippen LogP) is 4.76. The predicted molar refractivity (Wildman–Crippen MR) is 139 cm³/mol. The van der Waals surface area contributed by atoms with Crippen molar-refractivity contribution < 1.29 is 14.3 Å². The fourth-order valence-corrected chi connectivity index (χ4v) is 4.75. The Labute approximate surface area is 205 Å². The van der Waals surface area contributed by atoms with Crippen LogP contribution in [0.4, 0.5) is 10.2 Å². The summed E-state index contributed by atoms with van der Waals surface area (Å²) in [7, 11) is 2.54. The van der Waals surface area contributed by atoms with Crippen LogP contribution in [0.15, 0.2) is 66.7 Å². The van der Waals surface area contributed by atoms with Gasteiger partial charge in [0.2, 0.25) is 5.91 Å². The van der Waals surface area contributed by atoms with Gasteiger partial charge in [0, 0.05) is 24.5 Å². The molecular formula is C27H26FN4O2P.